The zero-order valence-corrected chi connectivity index (χ0v) is 15.6. The van der Waals surface area contributed by atoms with Crippen molar-refractivity contribution in [3.63, 3.8) is 0 Å². The summed E-state index contributed by atoms with van der Waals surface area (Å²) in [5.41, 5.74) is 6.95. The minimum atomic E-state index is -4.62. The van der Waals surface area contributed by atoms with Crippen molar-refractivity contribution in [1.29, 1.82) is 0 Å². The molecule has 0 saturated heterocycles. The molecule has 3 aromatic carbocycles. The lowest BCUT2D eigenvalue weighted by molar-refractivity contribution is -0.138. The van der Waals surface area contributed by atoms with Crippen molar-refractivity contribution in [2.45, 2.75) is 12.7 Å². The molecule has 0 fully saturated rings. The number of para-hydroxylation sites is 4. The van der Waals surface area contributed by atoms with Gasteiger partial charge in [0, 0.05) is 12.1 Å². The molecule has 1 amide bonds. The molecule has 0 aliphatic heterocycles. The first kappa shape index (κ1) is 19.5. The number of aromatic nitrogens is 2. The molecule has 4 rings (SSSR count). The van der Waals surface area contributed by atoms with Crippen molar-refractivity contribution in [3.8, 4) is 0 Å². The van der Waals surface area contributed by atoms with E-state index in [1.54, 1.807) is 47.0 Å². The lowest BCUT2D eigenvalue weighted by Gasteiger charge is -2.16. The average molecular weight is 410 g/mol. The Morgan fingerprint density at radius 2 is 1.77 bits per heavy atom. The van der Waals surface area contributed by atoms with Crippen LogP contribution < -0.4 is 11.1 Å². The van der Waals surface area contributed by atoms with Gasteiger partial charge in [-0.3, -0.25) is 4.79 Å². The molecule has 3 N–H and O–H groups in total. The molecule has 5 nitrogen and oxygen atoms in total. The topological polar surface area (TPSA) is 72.9 Å². The van der Waals surface area contributed by atoms with E-state index in [0.29, 0.717) is 16.9 Å². The lowest BCUT2D eigenvalue weighted by atomic mass is 10.0. The third kappa shape index (κ3) is 3.84. The van der Waals surface area contributed by atoms with Crippen LogP contribution in [0.15, 0.2) is 73.1 Å². The Morgan fingerprint density at radius 3 is 2.53 bits per heavy atom. The first-order chi connectivity index (χ1) is 14.3. The quantitative estimate of drug-likeness (QED) is 0.468. The van der Waals surface area contributed by atoms with Crippen LogP contribution in [-0.4, -0.2) is 15.5 Å². The lowest BCUT2D eigenvalue weighted by Crippen LogP contribution is -2.17. The molecule has 0 spiro atoms. The number of carbonyl (C=O) groups excluding carboxylic acids is 1. The predicted octanol–water partition coefficient (Wildman–Crippen LogP) is 4.94. The third-order valence-electron chi connectivity index (χ3n) is 4.75. The normalized spacial score (nSPS) is 11.6. The van der Waals surface area contributed by atoms with Crippen LogP contribution >= 0.6 is 0 Å². The molecule has 0 bridgehead atoms. The number of nitrogen functional groups attached to an aromatic ring is 1. The summed E-state index contributed by atoms with van der Waals surface area (Å²) >= 11 is 0. The van der Waals surface area contributed by atoms with Crippen molar-refractivity contribution < 1.29 is 18.0 Å². The molecular formula is C22H17F3N4O. The number of alkyl halides is 3. The Labute approximate surface area is 170 Å². The number of halogens is 3. The summed E-state index contributed by atoms with van der Waals surface area (Å²) in [4.78, 5) is 16.7. The highest BCUT2D eigenvalue weighted by molar-refractivity contribution is 6.05. The van der Waals surface area contributed by atoms with Gasteiger partial charge >= 0.3 is 6.18 Å². The summed E-state index contributed by atoms with van der Waals surface area (Å²) < 4.78 is 42.9. The van der Waals surface area contributed by atoms with Crippen molar-refractivity contribution in [2.24, 2.45) is 0 Å². The summed E-state index contributed by atoms with van der Waals surface area (Å²) in [7, 11) is 0. The van der Waals surface area contributed by atoms with E-state index in [0.717, 1.165) is 11.6 Å². The summed E-state index contributed by atoms with van der Waals surface area (Å²) in [6.07, 6.45) is -3.11. The molecular weight excluding hydrogens is 393 g/mol. The number of hydrogen-bond acceptors (Lipinski definition) is 3. The molecule has 1 aromatic heterocycles. The van der Waals surface area contributed by atoms with E-state index in [-0.39, 0.29) is 17.7 Å². The number of hydrogen-bond donors (Lipinski definition) is 2. The fourth-order valence-corrected chi connectivity index (χ4v) is 3.24. The number of anilines is 2. The number of fused-ring (bicyclic) bond motifs is 1. The van der Waals surface area contributed by atoms with Crippen LogP contribution in [0.3, 0.4) is 0 Å². The van der Waals surface area contributed by atoms with Crippen molar-refractivity contribution >= 4 is 28.3 Å². The minimum Gasteiger partial charge on any atom is -0.397 e. The highest BCUT2D eigenvalue weighted by Crippen LogP contribution is 2.34. The summed E-state index contributed by atoms with van der Waals surface area (Å²) in [6, 6.07) is 17.3. The largest absolute Gasteiger partial charge is 0.416 e. The number of amides is 1. The van der Waals surface area contributed by atoms with Crippen LogP contribution in [-0.2, 0) is 12.7 Å². The van der Waals surface area contributed by atoms with Crippen molar-refractivity contribution in [2.75, 3.05) is 11.1 Å². The SMILES string of the molecule is Nc1ccccc1NC(=O)c1ccc(Cn2cnc3ccccc32)c(C(F)(F)F)c1. The second kappa shape index (κ2) is 7.55. The van der Waals surface area contributed by atoms with E-state index in [4.69, 9.17) is 5.73 Å². The van der Waals surface area contributed by atoms with Crippen molar-refractivity contribution in [3.05, 3.63) is 89.7 Å². The van der Waals surface area contributed by atoms with Gasteiger partial charge < -0.3 is 15.6 Å². The standard InChI is InChI=1S/C22H17F3N4O/c23-22(24,25)16-11-14(21(30)28-18-6-2-1-5-17(18)26)9-10-15(16)12-29-13-27-19-7-3-4-8-20(19)29/h1-11,13H,12,26H2,(H,28,30). The first-order valence-electron chi connectivity index (χ1n) is 9.09. The Morgan fingerprint density at radius 1 is 1.03 bits per heavy atom. The maximum atomic E-state index is 13.7. The van der Waals surface area contributed by atoms with Crippen LogP contribution in [0, 0.1) is 0 Å². The van der Waals surface area contributed by atoms with Gasteiger partial charge in [0.2, 0.25) is 0 Å². The van der Waals surface area contributed by atoms with Gasteiger partial charge in [0.15, 0.2) is 0 Å². The maximum absolute atomic E-state index is 13.7. The molecule has 0 aliphatic rings. The van der Waals surface area contributed by atoms with Gasteiger partial charge in [-0.15, -0.1) is 0 Å². The number of rotatable bonds is 4. The third-order valence-corrected chi connectivity index (χ3v) is 4.75. The van der Waals surface area contributed by atoms with Crippen LogP contribution in [0.2, 0.25) is 0 Å². The first-order valence-corrected chi connectivity index (χ1v) is 9.09. The highest BCUT2D eigenvalue weighted by Gasteiger charge is 2.34. The maximum Gasteiger partial charge on any atom is 0.416 e. The van der Waals surface area contributed by atoms with Gasteiger partial charge in [-0.2, -0.15) is 13.2 Å². The minimum absolute atomic E-state index is 0.0249. The highest BCUT2D eigenvalue weighted by atomic mass is 19.4. The molecule has 152 valence electrons. The molecule has 4 aromatic rings. The van der Waals surface area contributed by atoms with Gasteiger partial charge in [-0.05, 0) is 42.0 Å². The van der Waals surface area contributed by atoms with Crippen LogP contribution in [0.4, 0.5) is 24.5 Å². The average Bonchev–Trinajstić information content (AvgIpc) is 3.12. The zero-order valence-electron chi connectivity index (χ0n) is 15.6. The molecule has 0 unspecified atom stereocenters. The monoisotopic (exact) mass is 410 g/mol. The number of imidazole rings is 1. The Hall–Kier alpha value is -3.81. The van der Waals surface area contributed by atoms with Crippen LogP contribution in [0.5, 0.6) is 0 Å². The predicted molar refractivity (Wildman–Crippen MR) is 109 cm³/mol. The second-order valence-electron chi connectivity index (χ2n) is 6.77. The Bertz CT molecular complexity index is 1230. The summed E-state index contributed by atoms with van der Waals surface area (Å²) in [5, 5.41) is 2.55. The Kier molecular flexibility index (Phi) is 4.91. The number of nitrogens with one attached hydrogen (secondary N) is 1. The van der Waals surface area contributed by atoms with Crippen molar-refractivity contribution in [1.82, 2.24) is 9.55 Å². The van der Waals surface area contributed by atoms with Crippen LogP contribution in [0.25, 0.3) is 11.0 Å². The molecule has 0 aliphatic carbocycles. The van der Waals surface area contributed by atoms with E-state index < -0.39 is 17.6 Å². The zero-order chi connectivity index (χ0) is 21.3. The van der Waals surface area contributed by atoms with E-state index in [1.165, 1.54) is 18.5 Å². The van der Waals surface area contributed by atoms with Gasteiger partial charge in [-0.25, -0.2) is 4.98 Å². The second-order valence-corrected chi connectivity index (χ2v) is 6.77. The van der Waals surface area contributed by atoms with Gasteiger partial charge in [0.25, 0.3) is 5.91 Å². The summed E-state index contributed by atoms with van der Waals surface area (Å²) in [6.45, 7) is -0.0249. The fraction of sp³-hybridized carbons (Fsp3) is 0.0909. The molecule has 1 heterocycles. The molecule has 0 atom stereocenters. The van der Waals surface area contributed by atoms with Crippen LogP contribution in [0.1, 0.15) is 21.5 Å². The number of nitrogens with two attached hydrogens (primary N) is 1. The van der Waals surface area contributed by atoms with Gasteiger partial charge in [0.05, 0.1) is 34.3 Å². The smallest absolute Gasteiger partial charge is 0.397 e. The number of carbonyl (C=O) groups is 1. The molecule has 8 heteroatoms. The molecule has 0 saturated carbocycles. The number of benzene rings is 3. The summed E-state index contributed by atoms with van der Waals surface area (Å²) in [5.74, 6) is -0.668. The fourth-order valence-electron chi connectivity index (χ4n) is 3.24. The van der Waals surface area contributed by atoms with E-state index in [2.05, 4.69) is 10.3 Å². The molecule has 0 radical (unpaired) electrons. The van der Waals surface area contributed by atoms with E-state index in [1.807, 2.05) is 6.07 Å². The Balaban J connectivity index is 1.67. The van der Waals surface area contributed by atoms with Gasteiger partial charge in [-0.1, -0.05) is 30.3 Å². The van der Waals surface area contributed by atoms with Gasteiger partial charge in [0.1, 0.15) is 0 Å². The van der Waals surface area contributed by atoms with E-state index in [9.17, 15) is 18.0 Å². The van der Waals surface area contributed by atoms with E-state index >= 15 is 0 Å². The number of nitrogens with zero attached hydrogens (tertiary/aromatic N) is 2. The molecule has 30 heavy (non-hydrogen) atoms.